The van der Waals surface area contributed by atoms with Gasteiger partial charge in [0, 0.05) is 15.6 Å². The van der Waals surface area contributed by atoms with Crippen LogP contribution < -0.4 is 5.73 Å². The first kappa shape index (κ1) is 14.3. The second kappa shape index (κ2) is 6.71. The summed E-state index contributed by atoms with van der Waals surface area (Å²) in [6.45, 7) is 0.242. The summed E-state index contributed by atoms with van der Waals surface area (Å²) in [5, 5.41) is -2.08. The third-order valence-electron chi connectivity index (χ3n) is 1.11. The lowest BCUT2D eigenvalue weighted by atomic mass is 10.3. The molecule has 0 aromatic rings. The summed E-state index contributed by atoms with van der Waals surface area (Å²) in [5.41, 5.74) is 5.16. The molecule has 0 saturated heterocycles. The van der Waals surface area contributed by atoms with Gasteiger partial charge in [-0.05, 0) is 24.6 Å². The lowest BCUT2D eigenvalue weighted by molar-refractivity contribution is -0.0466. The quantitative estimate of drug-likeness (QED) is 0.356. The first-order chi connectivity index (χ1) is 6.39. The van der Waals surface area contributed by atoms with Crippen molar-refractivity contribution in [2.75, 3.05) is 6.54 Å². The zero-order valence-corrected chi connectivity index (χ0v) is 9.54. The van der Waals surface area contributed by atoms with Crippen molar-refractivity contribution in [3.8, 4) is 0 Å². The Kier molecular flexibility index (Phi) is 6.85. The van der Waals surface area contributed by atoms with Gasteiger partial charge >= 0.3 is 21.8 Å². The third-order valence-corrected chi connectivity index (χ3v) is 2.57. The summed E-state index contributed by atoms with van der Waals surface area (Å²) in [4.78, 5) is 16.8. The van der Waals surface area contributed by atoms with E-state index < -0.39 is 21.8 Å². The molecule has 0 fully saturated rings. The summed E-state index contributed by atoms with van der Waals surface area (Å²) in [5.74, 6) is 0. The maximum Gasteiger partial charge on any atom is 0.699 e. The second-order valence-corrected chi connectivity index (χ2v) is 4.10. The van der Waals surface area contributed by atoms with Gasteiger partial charge in [0.05, 0.1) is 0 Å². The molecule has 2 atom stereocenters. The molecule has 0 aliphatic rings. The van der Waals surface area contributed by atoms with E-state index in [-0.39, 0.29) is 13.0 Å². The van der Waals surface area contributed by atoms with Crippen LogP contribution in [0.1, 0.15) is 12.8 Å². The molecule has 0 amide bonds. The Bertz CT molecular complexity index is 210. The predicted octanol–water partition coefficient (Wildman–Crippen LogP) is 0.950. The van der Waals surface area contributed by atoms with Crippen molar-refractivity contribution in [3.63, 3.8) is 0 Å². The number of hydrogen-bond donors (Lipinski definition) is 3. The van der Waals surface area contributed by atoms with E-state index in [4.69, 9.17) is 27.1 Å². The third kappa shape index (κ3) is 6.70. The zero-order chi connectivity index (χ0) is 11.2. The van der Waals surface area contributed by atoms with Gasteiger partial charge in [-0.1, -0.05) is 9.05 Å². The van der Waals surface area contributed by atoms with Crippen molar-refractivity contribution in [3.05, 3.63) is 0 Å². The fourth-order valence-electron chi connectivity index (χ4n) is 0.654. The molecule has 4 N–H and O–H groups in total. The average molecular weight is 266 g/mol. The highest BCUT2D eigenvalue weighted by Crippen LogP contribution is 2.40. The van der Waals surface area contributed by atoms with Crippen molar-refractivity contribution in [1.29, 1.82) is 0 Å². The van der Waals surface area contributed by atoms with Crippen molar-refractivity contribution in [1.82, 2.24) is 0 Å². The molecule has 0 radical (unpaired) electrons. The minimum Gasteiger partial charge on any atom is -0.330 e. The van der Waals surface area contributed by atoms with Gasteiger partial charge in [-0.3, -0.25) is 0 Å². The summed E-state index contributed by atoms with van der Waals surface area (Å²) < 4.78 is 29.1. The lowest BCUT2D eigenvalue weighted by Crippen LogP contribution is -2.25. The monoisotopic (exact) mass is 265 g/mol. The minimum atomic E-state index is -3.02. The topological polar surface area (TPSA) is 119 Å². The molecule has 0 aliphatic carbocycles. The van der Waals surface area contributed by atoms with Gasteiger partial charge in [0.15, 0.2) is 0 Å². The van der Waals surface area contributed by atoms with Gasteiger partial charge in [0.25, 0.3) is 0 Å². The summed E-state index contributed by atoms with van der Waals surface area (Å²) in [7, 11) is -6.05. The van der Waals surface area contributed by atoms with Crippen LogP contribution in [-0.4, -0.2) is 21.6 Å². The molecule has 10 heteroatoms. The molecule has 0 spiro atoms. The molecule has 0 heterocycles. The van der Waals surface area contributed by atoms with Crippen LogP contribution in [0.2, 0.25) is 0 Å². The molecule has 0 rings (SSSR count). The van der Waals surface area contributed by atoms with Crippen LogP contribution in [0.4, 0.5) is 0 Å². The Morgan fingerprint density at radius 3 is 2.00 bits per heavy atom. The largest absolute Gasteiger partial charge is 0.699 e. The Balaban J connectivity index is 4.31. The highest BCUT2D eigenvalue weighted by Gasteiger charge is 2.47. The van der Waals surface area contributed by atoms with Crippen molar-refractivity contribution in [2.24, 2.45) is 5.73 Å². The van der Waals surface area contributed by atoms with E-state index in [1.807, 2.05) is 0 Å². The van der Waals surface area contributed by atoms with E-state index >= 15 is 0 Å². The van der Waals surface area contributed by atoms with Crippen LogP contribution in [0.15, 0.2) is 0 Å². The van der Waals surface area contributed by atoms with Gasteiger partial charge in [0.1, 0.15) is 0 Å². The van der Waals surface area contributed by atoms with E-state index in [0.29, 0.717) is 6.42 Å². The Hall–Kier alpha value is 0.290. The van der Waals surface area contributed by atoms with Gasteiger partial charge in [0.2, 0.25) is 0 Å². The number of rotatable bonds is 7. The smallest absolute Gasteiger partial charge is 0.330 e. The summed E-state index contributed by atoms with van der Waals surface area (Å²) in [6.07, 6.45) is 0.240. The molecule has 0 bridgehead atoms. The molecule has 0 aromatic heterocycles. The highest BCUT2D eigenvalue weighted by atomic mass is 35.5. The normalized spacial score (nSPS) is 17.4. The van der Waals surface area contributed by atoms with Crippen LogP contribution in [0.25, 0.3) is 0 Å². The number of alkyl halides is 1. The Morgan fingerprint density at radius 2 is 1.71 bits per heavy atom. The maximum absolute atomic E-state index is 10.3. The first-order valence-corrected chi connectivity index (χ1v) is 6.13. The minimum absolute atomic E-state index is 0.0751. The Morgan fingerprint density at radius 1 is 1.29 bits per heavy atom. The van der Waals surface area contributed by atoms with E-state index in [1.165, 1.54) is 0 Å². The number of nitrogens with two attached hydrogens (primary N) is 1. The van der Waals surface area contributed by atoms with Crippen LogP contribution in [-0.2, 0) is 18.2 Å². The van der Waals surface area contributed by atoms with Gasteiger partial charge in [-0.2, -0.15) is 0 Å². The second-order valence-electron chi connectivity index (χ2n) is 2.21. The van der Waals surface area contributed by atoms with Crippen LogP contribution in [0.3, 0.4) is 0 Å². The zero-order valence-electron chi connectivity index (χ0n) is 7.00. The predicted molar refractivity (Wildman–Crippen MR) is 48.7 cm³/mol. The maximum atomic E-state index is 10.3. The van der Waals surface area contributed by atoms with Crippen LogP contribution in [0.5, 0.6) is 0 Å². The highest BCUT2D eigenvalue weighted by molar-refractivity contribution is 7.33. The summed E-state index contributed by atoms with van der Waals surface area (Å²) >= 11 is 5.52. The van der Waals surface area contributed by atoms with Crippen LogP contribution >= 0.6 is 28.1 Å². The molecule has 82 valence electrons. The molecular formula is C4H10ClNO6P2+2. The SMILES string of the molecule is NCCCC(Cl)(O[P+](=O)O)O[P+](=O)O. The van der Waals surface area contributed by atoms with Crippen molar-refractivity contribution < 1.29 is 28.0 Å². The van der Waals surface area contributed by atoms with Crippen LogP contribution in [0, 0.1) is 0 Å². The number of hydrogen-bond acceptors (Lipinski definition) is 5. The van der Waals surface area contributed by atoms with E-state index in [1.54, 1.807) is 0 Å². The van der Waals surface area contributed by atoms with Gasteiger partial charge in [-0.25, -0.2) is 0 Å². The molecule has 0 saturated carbocycles. The molecule has 14 heavy (non-hydrogen) atoms. The van der Waals surface area contributed by atoms with Gasteiger partial charge in [-0.15, -0.1) is 9.79 Å². The fraction of sp³-hybridized carbons (Fsp3) is 1.00. The van der Waals surface area contributed by atoms with Crippen molar-refractivity contribution in [2.45, 2.75) is 18.1 Å². The fourth-order valence-corrected chi connectivity index (χ4v) is 1.92. The molecule has 2 unspecified atom stereocenters. The molecule has 0 aromatic carbocycles. The first-order valence-electron chi connectivity index (χ1n) is 3.49. The van der Waals surface area contributed by atoms with E-state index in [2.05, 4.69) is 9.05 Å². The Labute approximate surface area is 87.0 Å². The van der Waals surface area contributed by atoms with Gasteiger partial charge < -0.3 is 5.73 Å². The van der Waals surface area contributed by atoms with E-state index in [0.717, 1.165) is 0 Å². The number of halogens is 1. The molecular weight excluding hydrogens is 255 g/mol. The van der Waals surface area contributed by atoms with E-state index in [9.17, 15) is 9.13 Å². The van der Waals surface area contributed by atoms with Crippen molar-refractivity contribution >= 4 is 28.1 Å². The average Bonchev–Trinajstić information content (AvgIpc) is 1.97. The summed E-state index contributed by atoms with van der Waals surface area (Å²) in [6, 6.07) is 0. The molecule has 0 aliphatic heterocycles. The standard InChI is InChI=1S/C4H8ClNO6P2/c5-4(2-1-3-6,11-13(7)8)12-14(9)10/h1-3,6H2/p+2. The lowest BCUT2D eigenvalue weighted by Gasteiger charge is -2.11. The molecule has 7 nitrogen and oxygen atoms in total.